The molecule has 0 unspecified atom stereocenters. The zero-order chi connectivity index (χ0) is 21.1. The summed E-state index contributed by atoms with van der Waals surface area (Å²) in [6.45, 7) is 0. The topological polar surface area (TPSA) is 68.3 Å². The summed E-state index contributed by atoms with van der Waals surface area (Å²) in [7, 11) is 0. The Hall–Kier alpha value is -2.22. The smallest absolute Gasteiger partial charge is 0.233 e. The highest BCUT2D eigenvalue weighted by Crippen LogP contribution is 2.21. The molecule has 0 aliphatic rings. The van der Waals surface area contributed by atoms with Crippen molar-refractivity contribution < 1.29 is 19.2 Å². The summed E-state index contributed by atoms with van der Waals surface area (Å²) in [6, 6.07) is 16.9. The molecule has 0 saturated heterocycles. The SMILES string of the molecule is O=C(C(=O)c1cc(Br)cc(C(=O)C(=O)c2ccc(Br)cc2)c1)c1ccc(Br)cc1. The van der Waals surface area contributed by atoms with E-state index < -0.39 is 23.1 Å². The van der Waals surface area contributed by atoms with Gasteiger partial charge in [0.05, 0.1) is 0 Å². The van der Waals surface area contributed by atoms with Gasteiger partial charge < -0.3 is 0 Å². The molecule has 0 aliphatic heterocycles. The van der Waals surface area contributed by atoms with Crippen molar-refractivity contribution in [1.29, 1.82) is 0 Å². The maximum absolute atomic E-state index is 12.7. The predicted molar refractivity (Wildman–Crippen MR) is 120 cm³/mol. The highest BCUT2D eigenvalue weighted by Gasteiger charge is 2.23. The number of carbonyl (C=O) groups excluding carboxylic acids is 4. The predicted octanol–water partition coefficient (Wildman–Crippen LogP) is 6.11. The Morgan fingerprint density at radius 2 is 0.724 bits per heavy atom. The average molecular weight is 579 g/mol. The van der Waals surface area contributed by atoms with Gasteiger partial charge >= 0.3 is 0 Å². The van der Waals surface area contributed by atoms with E-state index in [9.17, 15) is 19.2 Å². The van der Waals surface area contributed by atoms with Crippen LogP contribution >= 0.6 is 47.8 Å². The van der Waals surface area contributed by atoms with E-state index in [2.05, 4.69) is 47.8 Å². The molecule has 0 amide bonds. The first-order valence-corrected chi connectivity index (χ1v) is 10.6. The fourth-order valence-electron chi connectivity index (χ4n) is 2.58. The maximum Gasteiger partial charge on any atom is 0.233 e. The fourth-order valence-corrected chi connectivity index (χ4v) is 3.60. The molecule has 0 atom stereocenters. The van der Waals surface area contributed by atoms with Crippen molar-refractivity contribution in [2.24, 2.45) is 0 Å². The third kappa shape index (κ3) is 5.04. The number of Topliss-reactive ketones (excluding diaryl/α,β-unsaturated/α-hetero) is 4. The van der Waals surface area contributed by atoms with E-state index in [1.807, 2.05) is 0 Å². The van der Waals surface area contributed by atoms with E-state index >= 15 is 0 Å². The molecule has 0 N–H and O–H groups in total. The van der Waals surface area contributed by atoms with Crippen molar-refractivity contribution in [3.63, 3.8) is 0 Å². The second-order valence-corrected chi connectivity index (χ2v) is 8.81. The maximum atomic E-state index is 12.7. The van der Waals surface area contributed by atoms with Crippen molar-refractivity contribution in [3.05, 3.63) is 102 Å². The van der Waals surface area contributed by atoms with Crippen LogP contribution in [0, 0.1) is 0 Å². The number of rotatable bonds is 6. The molecule has 0 heterocycles. The molecule has 0 bridgehead atoms. The van der Waals surface area contributed by atoms with Gasteiger partial charge in [0.25, 0.3) is 0 Å². The van der Waals surface area contributed by atoms with Crippen LogP contribution in [0.1, 0.15) is 41.4 Å². The van der Waals surface area contributed by atoms with Gasteiger partial charge in [-0.2, -0.15) is 0 Å². The Balaban J connectivity index is 1.91. The molecular formula is C22H11Br3O4. The minimum Gasteiger partial charge on any atom is -0.285 e. The lowest BCUT2D eigenvalue weighted by atomic mass is 9.96. The Labute approximate surface area is 191 Å². The normalized spacial score (nSPS) is 10.4. The molecule has 0 aliphatic carbocycles. The van der Waals surface area contributed by atoms with Crippen LogP contribution in [-0.4, -0.2) is 23.1 Å². The largest absolute Gasteiger partial charge is 0.285 e. The Morgan fingerprint density at radius 3 is 1.07 bits per heavy atom. The van der Waals surface area contributed by atoms with Gasteiger partial charge in [-0.3, -0.25) is 19.2 Å². The number of benzene rings is 3. The molecule has 3 aromatic rings. The molecule has 0 saturated carbocycles. The van der Waals surface area contributed by atoms with E-state index in [1.54, 1.807) is 24.3 Å². The van der Waals surface area contributed by atoms with Crippen LogP contribution < -0.4 is 0 Å². The summed E-state index contributed by atoms with van der Waals surface area (Å²) in [5.74, 6) is -2.93. The summed E-state index contributed by atoms with van der Waals surface area (Å²) < 4.78 is 1.98. The van der Waals surface area contributed by atoms with E-state index in [0.29, 0.717) is 4.47 Å². The third-order valence-corrected chi connectivity index (χ3v) is 5.56. The lowest BCUT2D eigenvalue weighted by Crippen LogP contribution is -2.18. The van der Waals surface area contributed by atoms with Crippen LogP contribution in [0.5, 0.6) is 0 Å². The zero-order valence-electron chi connectivity index (χ0n) is 14.6. The summed E-state index contributed by atoms with van der Waals surface area (Å²) in [6.07, 6.45) is 0. The van der Waals surface area contributed by atoms with Gasteiger partial charge in [0.1, 0.15) is 0 Å². The lowest BCUT2D eigenvalue weighted by Gasteiger charge is -2.06. The molecule has 7 heteroatoms. The second kappa shape index (κ2) is 9.07. The van der Waals surface area contributed by atoms with E-state index in [-0.39, 0.29) is 22.3 Å². The quantitative estimate of drug-likeness (QED) is 0.262. The van der Waals surface area contributed by atoms with Gasteiger partial charge in [0.15, 0.2) is 0 Å². The number of hydrogen-bond donors (Lipinski definition) is 0. The molecule has 0 spiro atoms. The number of carbonyl (C=O) groups is 4. The first kappa shape index (κ1) is 21.5. The summed E-state index contributed by atoms with van der Waals surface area (Å²) >= 11 is 9.79. The number of halogens is 3. The van der Waals surface area contributed by atoms with Crippen LogP contribution in [0.4, 0.5) is 0 Å². The minimum atomic E-state index is -0.765. The second-order valence-electron chi connectivity index (χ2n) is 6.06. The first-order valence-electron chi connectivity index (χ1n) is 8.26. The van der Waals surface area contributed by atoms with Crippen LogP contribution in [0.3, 0.4) is 0 Å². The van der Waals surface area contributed by atoms with E-state index in [0.717, 1.165) is 8.95 Å². The lowest BCUT2D eigenvalue weighted by molar-refractivity contribution is 0.0812. The van der Waals surface area contributed by atoms with Crippen LogP contribution in [0.25, 0.3) is 0 Å². The minimum absolute atomic E-state index is 0.0271. The molecule has 0 fully saturated rings. The van der Waals surface area contributed by atoms with Gasteiger partial charge in [-0.05, 0) is 66.7 Å². The van der Waals surface area contributed by atoms with Crippen molar-refractivity contribution in [3.8, 4) is 0 Å². The molecular weight excluding hydrogens is 568 g/mol. The summed E-state index contributed by atoms with van der Waals surface area (Å²) in [5, 5.41) is 0. The van der Waals surface area contributed by atoms with Gasteiger partial charge in [0, 0.05) is 35.7 Å². The van der Waals surface area contributed by atoms with Crippen molar-refractivity contribution >= 4 is 70.9 Å². The fraction of sp³-hybridized carbons (Fsp3) is 0. The monoisotopic (exact) mass is 576 g/mol. The van der Waals surface area contributed by atoms with Crippen LogP contribution in [-0.2, 0) is 0 Å². The number of ketones is 4. The van der Waals surface area contributed by atoms with E-state index in [1.165, 1.54) is 42.5 Å². The molecule has 3 aromatic carbocycles. The van der Waals surface area contributed by atoms with Crippen LogP contribution in [0.2, 0.25) is 0 Å². The molecule has 29 heavy (non-hydrogen) atoms. The first-order chi connectivity index (χ1) is 13.8. The third-order valence-electron chi connectivity index (χ3n) is 4.05. The van der Waals surface area contributed by atoms with Gasteiger partial charge in [-0.25, -0.2) is 0 Å². The van der Waals surface area contributed by atoms with Gasteiger partial charge in [0.2, 0.25) is 23.1 Å². The van der Waals surface area contributed by atoms with Crippen LogP contribution in [0.15, 0.2) is 80.1 Å². The van der Waals surface area contributed by atoms with Crippen molar-refractivity contribution in [2.75, 3.05) is 0 Å². The van der Waals surface area contributed by atoms with Crippen molar-refractivity contribution in [1.82, 2.24) is 0 Å². The molecule has 0 radical (unpaired) electrons. The summed E-state index contributed by atoms with van der Waals surface area (Å²) in [4.78, 5) is 50.3. The zero-order valence-corrected chi connectivity index (χ0v) is 19.4. The summed E-state index contributed by atoms with van der Waals surface area (Å²) in [5.41, 5.74) is 0.521. The Kier molecular flexibility index (Phi) is 6.72. The average Bonchev–Trinajstić information content (AvgIpc) is 2.72. The molecule has 4 nitrogen and oxygen atoms in total. The van der Waals surface area contributed by atoms with E-state index in [4.69, 9.17) is 0 Å². The molecule has 3 rings (SSSR count). The standard InChI is InChI=1S/C22H11Br3O4/c23-16-5-1-12(2-6-16)19(26)21(28)14-9-15(11-18(25)10-14)22(29)20(27)13-3-7-17(24)8-4-13/h1-11H. The Bertz CT molecular complexity index is 1050. The molecule has 144 valence electrons. The number of hydrogen-bond acceptors (Lipinski definition) is 4. The molecule has 0 aromatic heterocycles. The van der Waals surface area contributed by atoms with Gasteiger partial charge in [-0.15, -0.1) is 0 Å². The highest BCUT2D eigenvalue weighted by atomic mass is 79.9. The Morgan fingerprint density at radius 1 is 0.414 bits per heavy atom. The highest BCUT2D eigenvalue weighted by molar-refractivity contribution is 9.11. The van der Waals surface area contributed by atoms with Gasteiger partial charge in [-0.1, -0.05) is 47.8 Å². The van der Waals surface area contributed by atoms with Crippen molar-refractivity contribution in [2.45, 2.75) is 0 Å².